The molecule has 1 aromatic carbocycles. The summed E-state index contributed by atoms with van der Waals surface area (Å²) in [6, 6.07) is 5.93. The van der Waals surface area contributed by atoms with E-state index in [1.807, 2.05) is 18.2 Å². The summed E-state index contributed by atoms with van der Waals surface area (Å²) in [7, 11) is 0. The van der Waals surface area contributed by atoms with Crippen molar-refractivity contribution in [2.45, 2.75) is 31.1 Å². The van der Waals surface area contributed by atoms with Gasteiger partial charge in [-0.2, -0.15) is 0 Å². The molecule has 0 saturated heterocycles. The van der Waals surface area contributed by atoms with Crippen molar-refractivity contribution in [3.8, 4) is 0 Å². The molecule has 0 fully saturated rings. The summed E-state index contributed by atoms with van der Waals surface area (Å²) in [5.74, 6) is 5.90. The van der Waals surface area contributed by atoms with Crippen molar-refractivity contribution in [2.75, 3.05) is 11.5 Å². The van der Waals surface area contributed by atoms with Crippen LogP contribution in [0.2, 0.25) is 0 Å². The first-order chi connectivity index (χ1) is 8.13. The Morgan fingerprint density at radius 2 is 2.18 bits per heavy atom. The van der Waals surface area contributed by atoms with Crippen LogP contribution in [0.5, 0.6) is 0 Å². The number of nitrogen functional groups attached to an aromatic ring is 1. The highest BCUT2D eigenvalue weighted by molar-refractivity contribution is 7.99. The highest BCUT2D eigenvalue weighted by Gasteiger charge is 2.01. The Morgan fingerprint density at radius 1 is 1.41 bits per heavy atom. The summed E-state index contributed by atoms with van der Waals surface area (Å²) in [6.07, 6.45) is 2.36. The van der Waals surface area contributed by atoms with E-state index in [1.54, 1.807) is 11.8 Å². The maximum atomic E-state index is 10.9. The fourth-order valence-electron chi connectivity index (χ4n) is 1.48. The Morgan fingerprint density at radius 3 is 2.82 bits per heavy atom. The number of nitrogens with two attached hydrogens (primary N) is 2. The average molecular weight is 253 g/mol. The maximum Gasteiger partial charge on any atom is 0.233 e. The van der Waals surface area contributed by atoms with Gasteiger partial charge in [-0.05, 0) is 49.3 Å². The van der Waals surface area contributed by atoms with Crippen LogP contribution in [0.15, 0.2) is 23.1 Å². The van der Waals surface area contributed by atoms with Gasteiger partial charge < -0.3 is 5.73 Å². The van der Waals surface area contributed by atoms with Crippen molar-refractivity contribution < 1.29 is 4.79 Å². The monoisotopic (exact) mass is 253 g/mol. The summed E-state index contributed by atoms with van der Waals surface area (Å²) in [5.41, 5.74) is 9.82. The number of rotatable bonds is 6. The highest BCUT2D eigenvalue weighted by atomic mass is 32.2. The Kier molecular flexibility index (Phi) is 5.86. The first kappa shape index (κ1) is 13.9. The Balaban J connectivity index is 2.24. The fourth-order valence-corrected chi connectivity index (χ4v) is 2.50. The van der Waals surface area contributed by atoms with Gasteiger partial charge in [0.2, 0.25) is 5.91 Å². The predicted octanol–water partition coefficient (Wildman–Crippen LogP) is 1.83. The second kappa shape index (κ2) is 7.19. The number of amides is 1. The molecule has 1 aromatic rings. The van der Waals surface area contributed by atoms with Crippen LogP contribution in [-0.4, -0.2) is 11.7 Å². The van der Waals surface area contributed by atoms with Crippen molar-refractivity contribution >= 4 is 23.4 Å². The number of nitrogens with one attached hydrogen (secondary N) is 1. The second-order valence-corrected chi connectivity index (χ2v) is 5.03. The van der Waals surface area contributed by atoms with E-state index in [4.69, 9.17) is 11.6 Å². The van der Waals surface area contributed by atoms with Crippen LogP contribution in [0.4, 0.5) is 5.69 Å². The lowest BCUT2D eigenvalue weighted by molar-refractivity contribution is -0.121. The quantitative estimate of drug-likeness (QED) is 0.180. The van der Waals surface area contributed by atoms with E-state index >= 15 is 0 Å². The molecule has 0 aliphatic rings. The third-order valence-corrected chi connectivity index (χ3v) is 3.68. The molecule has 0 bridgehead atoms. The molecule has 1 amide bonds. The number of hydrogen-bond acceptors (Lipinski definition) is 4. The van der Waals surface area contributed by atoms with Crippen LogP contribution in [-0.2, 0) is 4.79 Å². The third-order valence-electron chi connectivity index (χ3n) is 2.42. The zero-order valence-corrected chi connectivity index (χ0v) is 10.8. The van der Waals surface area contributed by atoms with Crippen LogP contribution in [0.3, 0.4) is 0 Å². The number of carbonyl (C=O) groups is 1. The normalized spacial score (nSPS) is 10.2. The Labute approximate surface area is 106 Å². The molecule has 0 aliphatic carbocycles. The minimum atomic E-state index is -0.0985. The third kappa shape index (κ3) is 5.10. The molecule has 0 saturated carbocycles. The van der Waals surface area contributed by atoms with Crippen molar-refractivity contribution in [3.05, 3.63) is 23.8 Å². The second-order valence-electron chi connectivity index (χ2n) is 3.90. The predicted molar refractivity (Wildman–Crippen MR) is 72.5 cm³/mol. The summed E-state index contributed by atoms with van der Waals surface area (Å²) in [4.78, 5) is 12.1. The van der Waals surface area contributed by atoms with E-state index in [1.165, 1.54) is 10.5 Å². The molecule has 94 valence electrons. The zero-order valence-electron chi connectivity index (χ0n) is 10.0. The van der Waals surface area contributed by atoms with E-state index in [-0.39, 0.29) is 5.91 Å². The van der Waals surface area contributed by atoms with Gasteiger partial charge in [-0.1, -0.05) is 0 Å². The molecule has 0 unspecified atom stereocenters. The van der Waals surface area contributed by atoms with Gasteiger partial charge in [0, 0.05) is 17.0 Å². The number of carbonyl (C=O) groups excluding carboxylic acids is 1. The van der Waals surface area contributed by atoms with Crippen LogP contribution in [0.25, 0.3) is 0 Å². The van der Waals surface area contributed by atoms with Gasteiger partial charge in [-0.25, -0.2) is 5.84 Å². The molecule has 0 aromatic heterocycles. The Bertz CT molecular complexity index is 382. The van der Waals surface area contributed by atoms with Crippen molar-refractivity contribution in [3.63, 3.8) is 0 Å². The van der Waals surface area contributed by atoms with E-state index in [0.29, 0.717) is 6.42 Å². The largest absolute Gasteiger partial charge is 0.399 e. The standard InChI is InChI=1S/C12H19N3OS/c1-9-8-10(13)5-6-11(9)17-7-3-2-4-12(16)15-14/h5-6,8H,2-4,7,13-14H2,1H3,(H,15,16). The van der Waals surface area contributed by atoms with Gasteiger partial charge in [0.05, 0.1) is 0 Å². The van der Waals surface area contributed by atoms with Crippen LogP contribution in [0, 0.1) is 6.92 Å². The SMILES string of the molecule is Cc1cc(N)ccc1SCCCCC(=O)NN. The zero-order chi connectivity index (χ0) is 12.7. The van der Waals surface area contributed by atoms with Gasteiger partial charge in [-0.3, -0.25) is 10.2 Å². The Hall–Kier alpha value is -1.20. The lowest BCUT2D eigenvalue weighted by Crippen LogP contribution is -2.29. The lowest BCUT2D eigenvalue weighted by atomic mass is 10.2. The number of hydrazine groups is 1. The molecule has 0 radical (unpaired) electrons. The molecule has 4 nitrogen and oxygen atoms in total. The maximum absolute atomic E-state index is 10.9. The molecular weight excluding hydrogens is 234 g/mol. The average Bonchev–Trinajstić information content (AvgIpc) is 2.30. The minimum Gasteiger partial charge on any atom is -0.399 e. The first-order valence-electron chi connectivity index (χ1n) is 5.62. The summed E-state index contributed by atoms with van der Waals surface area (Å²) >= 11 is 1.80. The van der Waals surface area contributed by atoms with Crippen LogP contribution in [0.1, 0.15) is 24.8 Å². The van der Waals surface area contributed by atoms with E-state index in [0.717, 1.165) is 24.3 Å². The molecule has 5 heteroatoms. The summed E-state index contributed by atoms with van der Waals surface area (Å²) in [5, 5.41) is 0. The topological polar surface area (TPSA) is 81.1 Å². The number of hydrogen-bond donors (Lipinski definition) is 3. The van der Waals surface area contributed by atoms with Crippen LogP contribution < -0.4 is 17.0 Å². The lowest BCUT2D eigenvalue weighted by Gasteiger charge is -2.06. The van der Waals surface area contributed by atoms with Crippen molar-refractivity contribution in [2.24, 2.45) is 5.84 Å². The molecule has 17 heavy (non-hydrogen) atoms. The van der Waals surface area contributed by atoms with Crippen LogP contribution >= 0.6 is 11.8 Å². The minimum absolute atomic E-state index is 0.0985. The van der Waals surface area contributed by atoms with Gasteiger partial charge in [0.1, 0.15) is 0 Å². The summed E-state index contributed by atoms with van der Waals surface area (Å²) in [6.45, 7) is 2.06. The molecule has 0 aliphatic heterocycles. The van der Waals surface area contributed by atoms with E-state index in [2.05, 4.69) is 12.3 Å². The number of unbranched alkanes of at least 4 members (excludes halogenated alkanes) is 1. The molecule has 0 spiro atoms. The fraction of sp³-hybridized carbons (Fsp3) is 0.417. The van der Waals surface area contributed by atoms with Crippen molar-refractivity contribution in [1.29, 1.82) is 0 Å². The molecular formula is C12H19N3OS. The molecule has 0 atom stereocenters. The van der Waals surface area contributed by atoms with E-state index < -0.39 is 0 Å². The summed E-state index contributed by atoms with van der Waals surface area (Å²) < 4.78 is 0. The van der Waals surface area contributed by atoms with Gasteiger partial charge in [0.25, 0.3) is 0 Å². The van der Waals surface area contributed by atoms with Crippen molar-refractivity contribution in [1.82, 2.24) is 5.43 Å². The molecule has 5 N–H and O–H groups in total. The number of aryl methyl sites for hydroxylation is 1. The smallest absolute Gasteiger partial charge is 0.233 e. The van der Waals surface area contributed by atoms with Gasteiger partial charge >= 0.3 is 0 Å². The van der Waals surface area contributed by atoms with Gasteiger partial charge in [-0.15, -0.1) is 11.8 Å². The number of benzene rings is 1. The molecule has 0 heterocycles. The van der Waals surface area contributed by atoms with Gasteiger partial charge in [0.15, 0.2) is 0 Å². The van der Waals surface area contributed by atoms with E-state index in [9.17, 15) is 4.79 Å². The first-order valence-corrected chi connectivity index (χ1v) is 6.60. The highest BCUT2D eigenvalue weighted by Crippen LogP contribution is 2.25. The number of anilines is 1. The molecule has 1 rings (SSSR count). The number of thioether (sulfide) groups is 1.